The zero-order valence-corrected chi connectivity index (χ0v) is 13.1. The van der Waals surface area contributed by atoms with E-state index in [9.17, 15) is 4.79 Å². The van der Waals surface area contributed by atoms with Crippen molar-refractivity contribution in [1.82, 2.24) is 15.6 Å². The molecule has 116 valence electrons. The molecule has 21 heavy (non-hydrogen) atoms. The van der Waals surface area contributed by atoms with Crippen LogP contribution in [0.15, 0.2) is 18.3 Å². The molecule has 1 atom stereocenters. The molecule has 0 aromatic carbocycles. The Kier molecular flexibility index (Phi) is 5.84. The van der Waals surface area contributed by atoms with Gasteiger partial charge in [-0.3, -0.25) is 0 Å². The summed E-state index contributed by atoms with van der Waals surface area (Å²) in [5.74, 6) is 1.01. The van der Waals surface area contributed by atoms with Gasteiger partial charge >= 0.3 is 6.03 Å². The Morgan fingerprint density at radius 2 is 2.14 bits per heavy atom. The second kappa shape index (κ2) is 7.86. The van der Waals surface area contributed by atoms with Crippen molar-refractivity contribution in [2.45, 2.75) is 52.1 Å². The number of amides is 2. The topological polar surface area (TPSA) is 57.3 Å². The first-order valence-corrected chi connectivity index (χ1v) is 7.94. The van der Waals surface area contributed by atoms with Crippen LogP contribution in [0.3, 0.4) is 0 Å². The Morgan fingerprint density at radius 3 is 2.86 bits per heavy atom. The number of pyridine rings is 1. The number of hydrogen-bond donors (Lipinski definition) is 2. The summed E-state index contributed by atoms with van der Waals surface area (Å²) in [6, 6.07) is 4.05. The minimum absolute atomic E-state index is 0.113. The summed E-state index contributed by atoms with van der Waals surface area (Å²) in [6.07, 6.45) is 6.50. The first-order valence-electron chi connectivity index (χ1n) is 7.94. The largest absolute Gasteiger partial charge is 0.356 e. The first kappa shape index (κ1) is 15.6. The Balaban J connectivity index is 1.95. The van der Waals surface area contributed by atoms with Gasteiger partial charge in [-0.25, -0.2) is 9.78 Å². The molecule has 5 nitrogen and oxygen atoms in total. The van der Waals surface area contributed by atoms with E-state index in [1.165, 1.54) is 19.3 Å². The molecule has 0 spiro atoms. The maximum absolute atomic E-state index is 11.8. The van der Waals surface area contributed by atoms with Gasteiger partial charge in [-0.05, 0) is 38.7 Å². The number of carbonyl (C=O) groups is 1. The summed E-state index contributed by atoms with van der Waals surface area (Å²) >= 11 is 0. The van der Waals surface area contributed by atoms with Crippen LogP contribution in [0.2, 0.25) is 0 Å². The van der Waals surface area contributed by atoms with Gasteiger partial charge in [0.2, 0.25) is 0 Å². The standard InChI is InChI=1S/C16H26N4O/c1-3-13(2)19-16(21)18-12-14-8-7-9-17-15(14)20-10-5-4-6-11-20/h7-9,13H,3-6,10-12H2,1-2H3,(H2,18,19,21). The average Bonchev–Trinajstić information content (AvgIpc) is 2.54. The highest BCUT2D eigenvalue weighted by Gasteiger charge is 2.15. The van der Waals surface area contributed by atoms with Crippen molar-refractivity contribution < 1.29 is 4.79 Å². The van der Waals surface area contributed by atoms with Gasteiger partial charge in [-0.2, -0.15) is 0 Å². The highest BCUT2D eigenvalue weighted by molar-refractivity contribution is 5.74. The SMILES string of the molecule is CCC(C)NC(=O)NCc1cccnc1N1CCCCC1. The lowest BCUT2D eigenvalue weighted by atomic mass is 10.1. The molecule has 2 heterocycles. The summed E-state index contributed by atoms with van der Waals surface area (Å²) in [6.45, 7) is 6.69. The fourth-order valence-corrected chi connectivity index (χ4v) is 2.51. The highest BCUT2D eigenvalue weighted by atomic mass is 16.2. The summed E-state index contributed by atoms with van der Waals surface area (Å²) in [5.41, 5.74) is 1.08. The maximum Gasteiger partial charge on any atom is 0.315 e. The van der Waals surface area contributed by atoms with E-state index in [2.05, 4.69) is 27.4 Å². The normalized spacial score (nSPS) is 16.4. The quantitative estimate of drug-likeness (QED) is 0.876. The smallest absolute Gasteiger partial charge is 0.315 e. The lowest BCUT2D eigenvalue weighted by molar-refractivity contribution is 0.237. The van der Waals surface area contributed by atoms with Crippen LogP contribution in [0.4, 0.5) is 10.6 Å². The number of hydrogen-bond acceptors (Lipinski definition) is 3. The molecule has 1 aromatic rings. The second-order valence-corrected chi connectivity index (χ2v) is 5.67. The number of carbonyl (C=O) groups excluding carboxylic acids is 1. The maximum atomic E-state index is 11.8. The summed E-state index contributed by atoms with van der Waals surface area (Å²) in [4.78, 5) is 18.7. The molecule has 2 N–H and O–H groups in total. The van der Waals surface area contributed by atoms with Crippen LogP contribution in [0, 0.1) is 0 Å². The van der Waals surface area contributed by atoms with Gasteiger partial charge in [0.15, 0.2) is 0 Å². The minimum Gasteiger partial charge on any atom is -0.356 e. The van der Waals surface area contributed by atoms with Crippen molar-refractivity contribution in [3.63, 3.8) is 0 Å². The Bertz CT molecular complexity index is 457. The number of urea groups is 1. The van der Waals surface area contributed by atoms with Crippen molar-refractivity contribution >= 4 is 11.8 Å². The van der Waals surface area contributed by atoms with Crippen LogP contribution in [-0.2, 0) is 6.54 Å². The van der Waals surface area contributed by atoms with Gasteiger partial charge in [0.25, 0.3) is 0 Å². The third-order valence-electron chi connectivity index (χ3n) is 3.95. The number of nitrogens with zero attached hydrogens (tertiary/aromatic N) is 2. The van der Waals surface area contributed by atoms with E-state index in [1.807, 2.05) is 25.3 Å². The molecule has 2 amide bonds. The molecule has 5 heteroatoms. The third kappa shape index (κ3) is 4.62. The van der Waals surface area contributed by atoms with Crippen LogP contribution in [0.1, 0.15) is 45.1 Å². The van der Waals surface area contributed by atoms with Gasteiger partial charge in [-0.1, -0.05) is 13.0 Å². The van der Waals surface area contributed by atoms with Gasteiger partial charge in [0, 0.05) is 37.4 Å². The Hall–Kier alpha value is -1.78. The molecule has 1 aliphatic heterocycles. The first-order chi connectivity index (χ1) is 10.2. The Morgan fingerprint density at radius 1 is 1.38 bits per heavy atom. The van der Waals surface area contributed by atoms with E-state index in [1.54, 1.807) is 0 Å². The van der Waals surface area contributed by atoms with Crippen molar-refractivity contribution in [3.8, 4) is 0 Å². The fraction of sp³-hybridized carbons (Fsp3) is 0.625. The van der Waals surface area contributed by atoms with Crippen LogP contribution >= 0.6 is 0 Å². The Labute approximate surface area is 127 Å². The predicted molar refractivity (Wildman–Crippen MR) is 85.4 cm³/mol. The molecule has 0 saturated carbocycles. The molecule has 1 unspecified atom stereocenters. The lowest BCUT2D eigenvalue weighted by Crippen LogP contribution is -2.40. The van der Waals surface area contributed by atoms with Gasteiger partial charge in [0.1, 0.15) is 5.82 Å². The van der Waals surface area contributed by atoms with Crippen molar-refractivity contribution in [2.24, 2.45) is 0 Å². The van der Waals surface area contributed by atoms with Gasteiger partial charge in [0.05, 0.1) is 0 Å². The molecule has 1 fully saturated rings. The molecule has 1 aliphatic rings. The molecule has 0 bridgehead atoms. The highest BCUT2D eigenvalue weighted by Crippen LogP contribution is 2.21. The van der Waals surface area contributed by atoms with Gasteiger partial charge in [-0.15, -0.1) is 0 Å². The predicted octanol–water partition coefficient (Wildman–Crippen LogP) is 2.67. The molecule has 1 saturated heterocycles. The van der Waals surface area contributed by atoms with Crippen LogP contribution in [-0.4, -0.2) is 30.1 Å². The fourth-order valence-electron chi connectivity index (χ4n) is 2.51. The summed E-state index contributed by atoms with van der Waals surface area (Å²) in [5, 5.41) is 5.84. The summed E-state index contributed by atoms with van der Waals surface area (Å²) < 4.78 is 0. The molecule has 0 radical (unpaired) electrons. The molecular weight excluding hydrogens is 264 g/mol. The lowest BCUT2D eigenvalue weighted by Gasteiger charge is -2.29. The monoisotopic (exact) mass is 290 g/mol. The number of piperidine rings is 1. The van der Waals surface area contributed by atoms with E-state index < -0.39 is 0 Å². The number of anilines is 1. The number of nitrogens with one attached hydrogen (secondary N) is 2. The van der Waals surface area contributed by atoms with Crippen molar-refractivity contribution in [1.29, 1.82) is 0 Å². The summed E-state index contributed by atoms with van der Waals surface area (Å²) in [7, 11) is 0. The molecular formula is C16H26N4O. The van der Waals surface area contributed by atoms with E-state index in [0.717, 1.165) is 30.9 Å². The van der Waals surface area contributed by atoms with Crippen LogP contribution in [0.5, 0.6) is 0 Å². The number of rotatable bonds is 5. The third-order valence-corrected chi connectivity index (χ3v) is 3.95. The van der Waals surface area contributed by atoms with E-state index in [-0.39, 0.29) is 12.1 Å². The second-order valence-electron chi connectivity index (χ2n) is 5.67. The molecule has 0 aliphatic carbocycles. The molecule has 1 aromatic heterocycles. The zero-order chi connectivity index (χ0) is 15.1. The van der Waals surface area contributed by atoms with E-state index in [0.29, 0.717) is 6.54 Å². The minimum atomic E-state index is -0.113. The van der Waals surface area contributed by atoms with Crippen LogP contribution in [0.25, 0.3) is 0 Å². The van der Waals surface area contributed by atoms with E-state index >= 15 is 0 Å². The average molecular weight is 290 g/mol. The van der Waals surface area contributed by atoms with E-state index in [4.69, 9.17) is 0 Å². The van der Waals surface area contributed by atoms with Crippen molar-refractivity contribution in [2.75, 3.05) is 18.0 Å². The van der Waals surface area contributed by atoms with Crippen molar-refractivity contribution in [3.05, 3.63) is 23.9 Å². The number of aromatic nitrogens is 1. The zero-order valence-electron chi connectivity index (χ0n) is 13.1. The van der Waals surface area contributed by atoms with Crippen LogP contribution < -0.4 is 15.5 Å². The molecule has 2 rings (SSSR count). The van der Waals surface area contributed by atoms with Gasteiger partial charge < -0.3 is 15.5 Å².